The second kappa shape index (κ2) is 7.19. The third-order valence-corrected chi connectivity index (χ3v) is 6.80. The van der Waals surface area contributed by atoms with Gasteiger partial charge in [-0.2, -0.15) is 5.10 Å². The summed E-state index contributed by atoms with van der Waals surface area (Å²) in [5.74, 6) is -4.07. The van der Waals surface area contributed by atoms with Gasteiger partial charge in [0.2, 0.25) is 0 Å². The van der Waals surface area contributed by atoms with Gasteiger partial charge >= 0.3 is 0 Å². The Morgan fingerprint density at radius 3 is 2.70 bits per heavy atom. The van der Waals surface area contributed by atoms with Crippen molar-refractivity contribution in [3.05, 3.63) is 77.1 Å². The molecule has 3 aromatic heterocycles. The number of halogens is 3. The van der Waals surface area contributed by atoms with Crippen molar-refractivity contribution < 1.29 is 18.0 Å². The van der Waals surface area contributed by atoms with Gasteiger partial charge < -0.3 is 4.90 Å². The number of aromatic nitrogens is 4. The molecule has 5 heterocycles. The summed E-state index contributed by atoms with van der Waals surface area (Å²) in [6, 6.07) is 7.25. The van der Waals surface area contributed by atoms with E-state index in [-0.39, 0.29) is 23.6 Å². The van der Waals surface area contributed by atoms with Crippen LogP contribution in [0, 0.1) is 17.5 Å². The maximum atomic E-state index is 14.0. The molecule has 4 aromatic rings. The van der Waals surface area contributed by atoms with Crippen molar-refractivity contribution in [2.45, 2.75) is 37.8 Å². The lowest BCUT2D eigenvalue weighted by Crippen LogP contribution is -2.50. The predicted octanol–water partition coefficient (Wildman–Crippen LogP) is 4.44. The van der Waals surface area contributed by atoms with Gasteiger partial charge in [0.05, 0.1) is 23.6 Å². The monoisotopic (exact) mass is 451 g/mol. The van der Waals surface area contributed by atoms with Crippen molar-refractivity contribution in [1.29, 1.82) is 0 Å². The number of benzene rings is 1. The number of fused-ring (bicyclic) bond motifs is 5. The molecule has 6 nitrogen and oxygen atoms in total. The molecule has 168 valence electrons. The number of rotatable bonds is 2. The Morgan fingerprint density at radius 1 is 1.12 bits per heavy atom. The molecule has 1 aromatic carbocycles. The molecule has 0 radical (unpaired) electrons. The van der Waals surface area contributed by atoms with Crippen molar-refractivity contribution in [2.24, 2.45) is 7.05 Å². The second-order valence-electron chi connectivity index (χ2n) is 8.68. The van der Waals surface area contributed by atoms with Crippen LogP contribution in [-0.4, -0.2) is 36.0 Å². The highest BCUT2D eigenvalue weighted by atomic mass is 19.2. The van der Waals surface area contributed by atoms with Crippen molar-refractivity contribution >= 4 is 11.6 Å². The van der Waals surface area contributed by atoms with Gasteiger partial charge in [-0.25, -0.2) is 18.2 Å². The Hall–Kier alpha value is -3.62. The van der Waals surface area contributed by atoms with Gasteiger partial charge in [-0.05, 0) is 49.9 Å². The number of hydrogen-bond donors (Lipinski definition) is 0. The molecular weight excluding hydrogens is 431 g/mol. The van der Waals surface area contributed by atoms with Gasteiger partial charge in [-0.15, -0.1) is 0 Å². The van der Waals surface area contributed by atoms with Gasteiger partial charge in [0.25, 0.3) is 5.91 Å². The molecule has 0 spiro atoms. The van der Waals surface area contributed by atoms with E-state index in [1.807, 2.05) is 29.3 Å². The van der Waals surface area contributed by atoms with E-state index in [1.165, 1.54) is 0 Å². The molecule has 0 N–H and O–H groups in total. The Bertz CT molecular complexity index is 1400. The zero-order valence-electron chi connectivity index (χ0n) is 17.8. The third kappa shape index (κ3) is 2.91. The minimum Gasteiger partial charge on any atom is -0.325 e. The van der Waals surface area contributed by atoms with Crippen LogP contribution in [0.15, 0.2) is 42.7 Å². The summed E-state index contributed by atoms with van der Waals surface area (Å²) < 4.78 is 44.8. The Kier molecular flexibility index (Phi) is 4.36. The van der Waals surface area contributed by atoms with Gasteiger partial charge in [0.1, 0.15) is 11.3 Å². The van der Waals surface area contributed by atoms with E-state index in [0.29, 0.717) is 23.5 Å². The summed E-state index contributed by atoms with van der Waals surface area (Å²) >= 11 is 0. The van der Waals surface area contributed by atoms with E-state index in [9.17, 15) is 18.0 Å². The molecule has 9 heteroatoms. The second-order valence-corrected chi connectivity index (χ2v) is 8.68. The van der Waals surface area contributed by atoms with E-state index in [0.717, 1.165) is 42.7 Å². The number of carbonyl (C=O) groups excluding carboxylic acids is 1. The maximum Gasteiger partial charge on any atom is 0.273 e. The fourth-order valence-electron chi connectivity index (χ4n) is 5.43. The molecule has 1 fully saturated rings. The lowest BCUT2D eigenvalue weighted by atomic mass is 9.81. The topological polar surface area (TPSA) is 55.4 Å². The smallest absolute Gasteiger partial charge is 0.273 e. The molecule has 2 aliphatic rings. The first-order chi connectivity index (χ1) is 15.9. The van der Waals surface area contributed by atoms with Crippen LogP contribution in [0.5, 0.6) is 0 Å². The summed E-state index contributed by atoms with van der Waals surface area (Å²) in [5, 5.41) is 4.67. The third-order valence-electron chi connectivity index (χ3n) is 6.80. The molecule has 2 bridgehead atoms. The van der Waals surface area contributed by atoms with Gasteiger partial charge in [0.15, 0.2) is 17.5 Å². The minimum atomic E-state index is -1.49. The SMILES string of the molecule is Cn1nc2c(c1-c1cc(F)c(F)c(F)c1)C[C@H]1CCC[C@@H]2N1C(=O)c1cnc2ccccn12. The van der Waals surface area contributed by atoms with E-state index in [2.05, 4.69) is 10.1 Å². The molecule has 6 rings (SSSR count). The molecule has 2 atom stereocenters. The fourth-order valence-corrected chi connectivity index (χ4v) is 5.43. The summed E-state index contributed by atoms with van der Waals surface area (Å²) in [4.78, 5) is 19.9. The van der Waals surface area contributed by atoms with E-state index in [1.54, 1.807) is 22.3 Å². The molecule has 0 aliphatic carbocycles. The largest absolute Gasteiger partial charge is 0.325 e. The molecule has 0 saturated carbocycles. The molecule has 33 heavy (non-hydrogen) atoms. The summed E-state index contributed by atoms with van der Waals surface area (Å²) in [7, 11) is 1.70. The molecular formula is C24H20F3N5O. The van der Waals surface area contributed by atoms with Crippen LogP contribution in [0.1, 0.15) is 47.1 Å². The number of nitrogens with zero attached hydrogens (tertiary/aromatic N) is 5. The van der Waals surface area contributed by atoms with E-state index < -0.39 is 17.5 Å². The van der Waals surface area contributed by atoms with Crippen molar-refractivity contribution in [3.8, 4) is 11.3 Å². The van der Waals surface area contributed by atoms with Crippen molar-refractivity contribution in [3.63, 3.8) is 0 Å². The molecule has 2 aliphatic heterocycles. The lowest BCUT2D eigenvalue weighted by molar-refractivity contribution is 0.0385. The van der Waals surface area contributed by atoms with E-state index in [4.69, 9.17) is 0 Å². The maximum absolute atomic E-state index is 14.0. The lowest BCUT2D eigenvalue weighted by Gasteiger charge is -2.45. The summed E-state index contributed by atoms with van der Waals surface area (Å²) in [6.07, 6.45) is 6.44. The van der Waals surface area contributed by atoms with Crippen LogP contribution in [0.2, 0.25) is 0 Å². The first kappa shape index (κ1) is 20.0. The first-order valence-electron chi connectivity index (χ1n) is 10.9. The van der Waals surface area contributed by atoms with Gasteiger partial charge in [-0.3, -0.25) is 13.9 Å². The fraction of sp³-hybridized carbons (Fsp3) is 0.292. The number of hydrogen-bond acceptors (Lipinski definition) is 3. The van der Waals surface area contributed by atoms with Gasteiger partial charge in [-0.1, -0.05) is 6.07 Å². The molecule has 0 unspecified atom stereocenters. The van der Waals surface area contributed by atoms with Crippen LogP contribution < -0.4 is 0 Å². The van der Waals surface area contributed by atoms with Crippen LogP contribution in [0.4, 0.5) is 13.2 Å². The van der Waals surface area contributed by atoms with Crippen LogP contribution in [0.3, 0.4) is 0 Å². The summed E-state index contributed by atoms with van der Waals surface area (Å²) in [5.41, 5.74) is 3.58. The van der Waals surface area contributed by atoms with Crippen LogP contribution in [0.25, 0.3) is 16.9 Å². The van der Waals surface area contributed by atoms with Crippen LogP contribution in [-0.2, 0) is 13.5 Å². The van der Waals surface area contributed by atoms with Crippen molar-refractivity contribution in [1.82, 2.24) is 24.1 Å². The highest BCUT2D eigenvalue weighted by molar-refractivity contribution is 5.94. The molecule has 1 saturated heterocycles. The highest BCUT2D eigenvalue weighted by Gasteiger charge is 2.44. The normalized spacial score (nSPS) is 19.7. The average Bonchev–Trinajstić information content (AvgIpc) is 3.37. The van der Waals surface area contributed by atoms with Crippen molar-refractivity contribution in [2.75, 3.05) is 0 Å². The zero-order valence-corrected chi connectivity index (χ0v) is 17.8. The average molecular weight is 451 g/mol. The highest BCUT2D eigenvalue weighted by Crippen LogP contribution is 2.45. The predicted molar refractivity (Wildman–Crippen MR) is 114 cm³/mol. The number of amides is 1. The number of imidazole rings is 1. The Labute approximate surface area is 187 Å². The summed E-state index contributed by atoms with van der Waals surface area (Å²) in [6.45, 7) is 0. The van der Waals surface area contributed by atoms with E-state index >= 15 is 0 Å². The molecule has 1 amide bonds. The standard InChI is InChI=1S/C24H20F3N5O/c1-30-23(13-9-16(25)21(27)17(26)10-13)15-11-14-5-4-6-18(22(15)29-30)32(14)24(33)19-12-28-20-7-2-3-8-31(19)20/h2-3,7-10,12,14,18H,4-6,11H2,1H3/t14-,18+/m1/s1. The number of aryl methyl sites for hydroxylation is 1. The van der Waals surface area contributed by atoms with Gasteiger partial charge in [0, 0.05) is 30.4 Å². The first-order valence-corrected chi connectivity index (χ1v) is 10.9. The minimum absolute atomic E-state index is 0.0731. The quantitative estimate of drug-likeness (QED) is 0.424. The Balaban J connectivity index is 1.45. The number of carbonyl (C=O) groups is 1. The Morgan fingerprint density at radius 2 is 1.91 bits per heavy atom. The number of pyridine rings is 1. The zero-order chi connectivity index (χ0) is 22.9. The number of piperidine rings is 1. The van der Waals surface area contributed by atoms with Crippen LogP contribution >= 0.6 is 0 Å².